The van der Waals surface area contributed by atoms with Crippen LogP contribution in [0.3, 0.4) is 0 Å². The summed E-state index contributed by atoms with van der Waals surface area (Å²) in [5.41, 5.74) is 2.24. The summed E-state index contributed by atoms with van der Waals surface area (Å²) in [6.07, 6.45) is 0.841. The van der Waals surface area contributed by atoms with Crippen molar-refractivity contribution >= 4 is 17.5 Å². The maximum atomic E-state index is 14.0. The molecule has 0 unspecified atom stereocenters. The number of carbonyl (C=O) groups excluding carboxylic acids is 2. The lowest BCUT2D eigenvalue weighted by Gasteiger charge is -2.32. The molecule has 4 rings (SSSR count). The van der Waals surface area contributed by atoms with Gasteiger partial charge in [0.1, 0.15) is 23.8 Å². The standard InChI is InChI=1S/C32H44N4O6/c1-32(2,3)21-30(37)35(14-13-34-15-17-42-18-16-34)22-31(38)36-28(23-7-9-24(39-4)10-8-23)20-27(33-36)26-12-11-25(40-5)19-29(26)41-6/h7-12,19,28H,13-18,20-22H2,1-6H3/t28-/m1/s1. The zero-order chi connectivity index (χ0) is 30.3. The van der Waals surface area contributed by atoms with E-state index in [0.717, 1.165) is 35.7 Å². The zero-order valence-electron chi connectivity index (χ0n) is 25.7. The van der Waals surface area contributed by atoms with Crippen molar-refractivity contribution in [2.75, 3.05) is 67.3 Å². The van der Waals surface area contributed by atoms with E-state index in [2.05, 4.69) is 4.90 Å². The first-order chi connectivity index (χ1) is 20.1. The second kappa shape index (κ2) is 14.0. The van der Waals surface area contributed by atoms with Crippen molar-refractivity contribution < 1.29 is 28.5 Å². The monoisotopic (exact) mass is 580 g/mol. The van der Waals surface area contributed by atoms with Crippen molar-refractivity contribution in [1.82, 2.24) is 14.8 Å². The number of morpholine rings is 1. The van der Waals surface area contributed by atoms with E-state index in [4.69, 9.17) is 24.0 Å². The summed E-state index contributed by atoms with van der Waals surface area (Å²) in [6, 6.07) is 12.9. The van der Waals surface area contributed by atoms with Gasteiger partial charge < -0.3 is 23.8 Å². The predicted molar refractivity (Wildman–Crippen MR) is 161 cm³/mol. The number of benzene rings is 2. The first-order valence-corrected chi connectivity index (χ1v) is 14.5. The van der Waals surface area contributed by atoms with E-state index in [0.29, 0.717) is 50.6 Å². The van der Waals surface area contributed by atoms with Crippen LogP contribution in [-0.2, 0) is 14.3 Å². The Hall–Kier alpha value is -3.63. The van der Waals surface area contributed by atoms with E-state index in [-0.39, 0.29) is 29.8 Å². The molecule has 2 aliphatic rings. The summed E-state index contributed by atoms with van der Waals surface area (Å²) in [4.78, 5) is 31.5. The SMILES string of the molecule is COc1ccc([C@H]2CC(c3ccc(OC)cc3OC)=NN2C(=O)CN(CCN2CCOCC2)C(=O)CC(C)(C)C)cc1. The molecule has 0 spiro atoms. The number of rotatable bonds is 11. The van der Waals surface area contributed by atoms with Gasteiger partial charge >= 0.3 is 0 Å². The van der Waals surface area contributed by atoms with Crippen LogP contribution in [0.5, 0.6) is 17.2 Å². The highest BCUT2D eigenvalue weighted by Gasteiger charge is 2.36. The molecule has 2 heterocycles. The molecule has 2 amide bonds. The molecule has 228 valence electrons. The van der Waals surface area contributed by atoms with Crippen molar-refractivity contribution in [3.05, 3.63) is 53.6 Å². The van der Waals surface area contributed by atoms with E-state index in [1.54, 1.807) is 26.2 Å². The van der Waals surface area contributed by atoms with Crippen LogP contribution < -0.4 is 14.2 Å². The fraction of sp³-hybridized carbons (Fsp3) is 0.531. The second-order valence-corrected chi connectivity index (χ2v) is 11.9. The molecule has 42 heavy (non-hydrogen) atoms. The molecule has 2 aromatic carbocycles. The maximum Gasteiger partial charge on any atom is 0.262 e. The number of carbonyl (C=O) groups is 2. The smallest absolute Gasteiger partial charge is 0.262 e. The zero-order valence-corrected chi connectivity index (χ0v) is 25.7. The molecule has 10 nitrogen and oxygen atoms in total. The molecule has 0 saturated carbocycles. The van der Waals surface area contributed by atoms with Gasteiger partial charge in [-0.3, -0.25) is 14.5 Å². The van der Waals surface area contributed by atoms with Crippen molar-refractivity contribution in [3.63, 3.8) is 0 Å². The number of methoxy groups -OCH3 is 3. The van der Waals surface area contributed by atoms with Gasteiger partial charge in [-0.1, -0.05) is 32.9 Å². The predicted octanol–water partition coefficient (Wildman–Crippen LogP) is 3.99. The first-order valence-electron chi connectivity index (χ1n) is 14.5. The minimum atomic E-state index is -0.343. The molecule has 2 aliphatic heterocycles. The Morgan fingerprint density at radius 3 is 2.26 bits per heavy atom. The molecule has 1 saturated heterocycles. The van der Waals surface area contributed by atoms with Crippen LogP contribution in [0.4, 0.5) is 0 Å². The molecule has 2 aromatic rings. The molecule has 0 aromatic heterocycles. The average Bonchev–Trinajstić information content (AvgIpc) is 3.44. The molecule has 0 N–H and O–H groups in total. The Morgan fingerprint density at radius 2 is 1.64 bits per heavy atom. The summed E-state index contributed by atoms with van der Waals surface area (Å²) in [6.45, 7) is 10.2. The summed E-state index contributed by atoms with van der Waals surface area (Å²) >= 11 is 0. The van der Waals surface area contributed by atoms with Crippen molar-refractivity contribution in [2.45, 2.75) is 39.7 Å². The third-order valence-electron chi connectivity index (χ3n) is 7.54. The number of hydrazone groups is 1. The Balaban J connectivity index is 1.62. The highest BCUT2D eigenvalue weighted by molar-refractivity contribution is 6.05. The van der Waals surface area contributed by atoms with Crippen molar-refractivity contribution in [3.8, 4) is 17.2 Å². The van der Waals surface area contributed by atoms with Crippen LogP contribution in [-0.4, -0.2) is 99.6 Å². The lowest BCUT2D eigenvalue weighted by atomic mass is 9.91. The van der Waals surface area contributed by atoms with Crippen LogP contribution in [0.2, 0.25) is 0 Å². The van der Waals surface area contributed by atoms with E-state index < -0.39 is 0 Å². The Kier molecular flexibility index (Phi) is 10.5. The summed E-state index contributed by atoms with van der Waals surface area (Å²) in [5, 5.41) is 6.38. The third-order valence-corrected chi connectivity index (χ3v) is 7.54. The molecule has 1 atom stereocenters. The average molecular weight is 581 g/mol. The van der Waals surface area contributed by atoms with Crippen LogP contribution in [0, 0.1) is 5.41 Å². The number of amides is 2. The topological polar surface area (TPSA) is 93.1 Å². The Bertz CT molecular complexity index is 1250. The summed E-state index contributed by atoms with van der Waals surface area (Å²) < 4.78 is 21.8. The van der Waals surface area contributed by atoms with Crippen molar-refractivity contribution in [2.24, 2.45) is 10.5 Å². The highest BCUT2D eigenvalue weighted by atomic mass is 16.5. The van der Waals surface area contributed by atoms with E-state index >= 15 is 0 Å². The Morgan fingerprint density at radius 1 is 0.976 bits per heavy atom. The molecular formula is C32H44N4O6. The van der Waals surface area contributed by atoms with Gasteiger partial charge in [0, 0.05) is 50.7 Å². The van der Waals surface area contributed by atoms with Gasteiger partial charge in [0.15, 0.2) is 0 Å². The summed E-state index contributed by atoms with van der Waals surface area (Å²) in [5.74, 6) is 1.74. The minimum Gasteiger partial charge on any atom is -0.497 e. The van der Waals surface area contributed by atoms with Crippen LogP contribution in [0.25, 0.3) is 0 Å². The van der Waals surface area contributed by atoms with Gasteiger partial charge in [0.05, 0.1) is 46.3 Å². The fourth-order valence-electron chi connectivity index (χ4n) is 5.21. The second-order valence-electron chi connectivity index (χ2n) is 11.9. The fourth-order valence-corrected chi connectivity index (χ4v) is 5.21. The molecular weight excluding hydrogens is 536 g/mol. The number of ether oxygens (including phenoxy) is 4. The van der Waals surface area contributed by atoms with E-state index in [1.165, 1.54) is 5.01 Å². The minimum absolute atomic E-state index is 0.0367. The quantitative estimate of drug-likeness (QED) is 0.397. The van der Waals surface area contributed by atoms with Gasteiger partial charge in [-0.25, -0.2) is 5.01 Å². The summed E-state index contributed by atoms with van der Waals surface area (Å²) in [7, 11) is 4.83. The molecule has 1 fully saturated rings. The lowest BCUT2D eigenvalue weighted by molar-refractivity contribution is -0.142. The van der Waals surface area contributed by atoms with Gasteiger partial charge in [-0.05, 0) is 35.2 Å². The maximum absolute atomic E-state index is 14.0. The Labute approximate surface area is 249 Å². The van der Waals surface area contributed by atoms with E-state index in [9.17, 15) is 9.59 Å². The van der Waals surface area contributed by atoms with Gasteiger partial charge in [-0.2, -0.15) is 5.10 Å². The number of nitrogens with zero attached hydrogens (tertiary/aromatic N) is 4. The van der Waals surface area contributed by atoms with E-state index in [1.807, 2.05) is 63.2 Å². The largest absolute Gasteiger partial charge is 0.497 e. The molecule has 10 heteroatoms. The molecule has 0 bridgehead atoms. The van der Waals surface area contributed by atoms with Gasteiger partial charge in [0.2, 0.25) is 5.91 Å². The van der Waals surface area contributed by atoms with Crippen LogP contribution in [0.1, 0.15) is 50.8 Å². The molecule has 0 aliphatic carbocycles. The molecule has 0 radical (unpaired) electrons. The van der Waals surface area contributed by atoms with Gasteiger partial charge in [-0.15, -0.1) is 0 Å². The van der Waals surface area contributed by atoms with Crippen LogP contribution >= 0.6 is 0 Å². The van der Waals surface area contributed by atoms with Gasteiger partial charge in [0.25, 0.3) is 5.91 Å². The third kappa shape index (κ3) is 8.01. The lowest BCUT2D eigenvalue weighted by Crippen LogP contribution is -2.47. The normalized spacial score (nSPS) is 17.5. The first kappa shape index (κ1) is 31.3. The number of hydrogen-bond donors (Lipinski definition) is 0. The van der Waals surface area contributed by atoms with Crippen molar-refractivity contribution in [1.29, 1.82) is 0 Å². The highest BCUT2D eigenvalue weighted by Crippen LogP contribution is 2.37. The number of hydrogen-bond acceptors (Lipinski definition) is 8. The van der Waals surface area contributed by atoms with Crippen LogP contribution in [0.15, 0.2) is 47.6 Å².